The Bertz CT molecular complexity index is 222. The molecule has 0 aliphatic heterocycles. The highest BCUT2D eigenvalue weighted by Gasteiger charge is 1.99. The Kier molecular flexibility index (Phi) is 2.74. The third-order valence-electron chi connectivity index (χ3n) is 1.28. The van der Waals surface area contributed by atoms with Crippen molar-refractivity contribution < 1.29 is 14.6 Å². The average molecular weight is 153 g/mol. The minimum Gasteiger partial charge on any atom is -0.493 e. The molecular formula is C8H9O3. The summed E-state index contributed by atoms with van der Waals surface area (Å²) < 4.78 is 9.68. The van der Waals surface area contributed by atoms with Crippen molar-refractivity contribution in [2.45, 2.75) is 0 Å². The summed E-state index contributed by atoms with van der Waals surface area (Å²) in [5, 5.41) is 10.1. The minimum atomic E-state index is -0.583. The van der Waals surface area contributed by atoms with E-state index in [1.807, 2.05) is 6.07 Å². The first-order valence-electron chi connectivity index (χ1n) is 3.22. The van der Waals surface area contributed by atoms with E-state index in [-0.39, 0.29) is 0 Å². The number of rotatable bonds is 3. The number of methoxy groups -OCH3 is 1. The topological polar surface area (TPSA) is 38.4 Å². The number of benzene rings is 1. The van der Waals surface area contributed by atoms with Gasteiger partial charge in [-0.05, 0) is 12.1 Å². The third-order valence-corrected chi connectivity index (χ3v) is 1.28. The summed E-state index contributed by atoms with van der Waals surface area (Å²) >= 11 is 0. The normalized spacial score (nSPS) is 9.27. The van der Waals surface area contributed by atoms with Crippen molar-refractivity contribution in [1.82, 2.24) is 0 Å². The van der Waals surface area contributed by atoms with Gasteiger partial charge in [-0.1, -0.05) is 12.1 Å². The zero-order valence-corrected chi connectivity index (χ0v) is 6.24. The van der Waals surface area contributed by atoms with Crippen LogP contribution < -0.4 is 9.47 Å². The van der Waals surface area contributed by atoms with Gasteiger partial charge in [0.1, 0.15) is 0 Å². The molecule has 0 aromatic heterocycles. The molecule has 0 fully saturated rings. The van der Waals surface area contributed by atoms with Crippen LogP contribution in [0.5, 0.6) is 11.5 Å². The SMILES string of the molecule is COc1ccccc1OC[O]. The number of hydrogen-bond donors (Lipinski definition) is 0. The first-order chi connectivity index (χ1) is 5.38. The lowest BCUT2D eigenvalue weighted by Crippen LogP contribution is -1.95. The van der Waals surface area contributed by atoms with Gasteiger partial charge in [0.25, 0.3) is 0 Å². The van der Waals surface area contributed by atoms with Gasteiger partial charge >= 0.3 is 0 Å². The van der Waals surface area contributed by atoms with Crippen LogP contribution in [-0.4, -0.2) is 13.9 Å². The smallest absolute Gasteiger partial charge is 0.221 e. The highest BCUT2D eigenvalue weighted by atomic mass is 16.6. The zero-order chi connectivity index (χ0) is 8.10. The molecule has 11 heavy (non-hydrogen) atoms. The molecule has 59 valence electrons. The Hall–Kier alpha value is -1.22. The Morgan fingerprint density at radius 3 is 2.45 bits per heavy atom. The maximum Gasteiger partial charge on any atom is 0.221 e. The predicted octanol–water partition coefficient (Wildman–Crippen LogP) is 1.46. The summed E-state index contributed by atoms with van der Waals surface area (Å²) in [4.78, 5) is 0. The quantitative estimate of drug-likeness (QED) is 0.616. The molecule has 0 N–H and O–H groups in total. The fourth-order valence-corrected chi connectivity index (χ4v) is 0.802. The van der Waals surface area contributed by atoms with Crippen LogP contribution in [0.1, 0.15) is 0 Å². The lowest BCUT2D eigenvalue weighted by Gasteiger charge is -2.05. The van der Waals surface area contributed by atoms with Gasteiger partial charge in [-0.15, -0.1) is 0 Å². The molecule has 0 heterocycles. The summed E-state index contributed by atoms with van der Waals surface area (Å²) in [5.74, 6) is 1.08. The van der Waals surface area contributed by atoms with Crippen LogP contribution in [0.4, 0.5) is 0 Å². The minimum absolute atomic E-state index is 0.491. The van der Waals surface area contributed by atoms with Gasteiger partial charge in [0.05, 0.1) is 7.11 Å². The molecule has 0 saturated heterocycles. The van der Waals surface area contributed by atoms with E-state index in [9.17, 15) is 5.11 Å². The van der Waals surface area contributed by atoms with Crippen molar-refractivity contribution in [2.75, 3.05) is 13.9 Å². The molecule has 1 rings (SSSR count). The Labute approximate surface area is 65.2 Å². The van der Waals surface area contributed by atoms with Crippen molar-refractivity contribution in [3.8, 4) is 11.5 Å². The molecule has 0 atom stereocenters. The van der Waals surface area contributed by atoms with Gasteiger partial charge in [0.15, 0.2) is 11.5 Å². The molecule has 3 nitrogen and oxygen atoms in total. The van der Waals surface area contributed by atoms with Crippen molar-refractivity contribution in [3.05, 3.63) is 24.3 Å². The lowest BCUT2D eigenvalue weighted by molar-refractivity contribution is 0.0357. The van der Waals surface area contributed by atoms with Gasteiger partial charge in [-0.3, -0.25) is 0 Å². The molecule has 3 heteroatoms. The van der Waals surface area contributed by atoms with E-state index in [4.69, 9.17) is 9.47 Å². The number of ether oxygens (including phenoxy) is 2. The van der Waals surface area contributed by atoms with Crippen LogP contribution in [0, 0.1) is 0 Å². The van der Waals surface area contributed by atoms with Crippen LogP contribution >= 0.6 is 0 Å². The number of hydrogen-bond acceptors (Lipinski definition) is 2. The highest BCUT2D eigenvalue weighted by molar-refractivity contribution is 5.39. The molecule has 0 bridgehead atoms. The maximum atomic E-state index is 10.1. The average Bonchev–Trinajstić information content (AvgIpc) is 2.06. The molecule has 0 aliphatic carbocycles. The summed E-state index contributed by atoms with van der Waals surface area (Å²) in [6.45, 7) is -0.583. The molecule has 1 radical (unpaired) electrons. The van der Waals surface area contributed by atoms with E-state index in [0.29, 0.717) is 11.5 Å². The van der Waals surface area contributed by atoms with E-state index in [2.05, 4.69) is 0 Å². The highest BCUT2D eigenvalue weighted by Crippen LogP contribution is 2.25. The second-order valence-electron chi connectivity index (χ2n) is 1.91. The predicted molar refractivity (Wildman–Crippen MR) is 39.2 cm³/mol. The summed E-state index contributed by atoms with van der Waals surface area (Å²) in [6, 6.07) is 7.03. The summed E-state index contributed by atoms with van der Waals surface area (Å²) in [5.41, 5.74) is 0. The standard InChI is InChI=1S/C8H9O3/c1-10-7-4-2-3-5-8(7)11-6-9/h2-5H,6H2,1H3. The zero-order valence-electron chi connectivity index (χ0n) is 6.24. The van der Waals surface area contributed by atoms with E-state index in [0.717, 1.165) is 0 Å². The first-order valence-corrected chi connectivity index (χ1v) is 3.22. The first kappa shape index (κ1) is 7.88. The second-order valence-corrected chi connectivity index (χ2v) is 1.91. The Morgan fingerprint density at radius 2 is 1.91 bits per heavy atom. The lowest BCUT2D eigenvalue weighted by atomic mass is 10.3. The van der Waals surface area contributed by atoms with Gasteiger partial charge in [-0.25, -0.2) is 0 Å². The monoisotopic (exact) mass is 153 g/mol. The van der Waals surface area contributed by atoms with Crippen molar-refractivity contribution >= 4 is 0 Å². The van der Waals surface area contributed by atoms with Gasteiger partial charge < -0.3 is 9.47 Å². The Morgan fingerprint density at radius 1 is 1.27 bits per heavy atom. The Balaban J connectivity index is 2.83. The fraction of sp³-hybridized carbons (Fsp3) is 0.250. The van der Waals surface area contributed by atoms with Gasteiger partial charge in [0, 0.05) is 0 Å². The third kappa shape index (κ3) is 1.85. The van der Waals surface area contributed by atoms with E-state index >= 15 is 0 Å². The molecule has 0 aliphatic rings. The molecular weight excluding hydrogens is 144 g/mol. The molecule has 0 saturated carbocycles. The molecule has 0 spiro atoms. The molecule has 1 aromatic rings. The van der Waals surface area contributed by atoms with Crippen LogP contribution in [0.2, 0.25) is 0 Å². The molecule has 1 aromatic carbocycles. The van der Waals surface area contributed by atoms with E-state index < -0.39 is 6.79 Å². The van der Waals surface area contributed by atoms with Crippen LogP contribution in [-0.2, 0) is 5.11 Å². The van der Waals surface area contributed by atoms with Crippen molar-refractivity contribution in [3.63, 3.8) is 0 Å². The largest absolute Gasteiger partial charge is 0.493 e. The van der Waals surface area contributed by atoms with Crippen LogP contribution in [0.3, 0.4) is 0 Å². The number of para-hydroxylation sites is 2. The van der Waals surface area contributed by atoms with E-state index in [1.165, 1.54) is 7.11 Å². The molecule has 0 amide bonds. The fourth-order valence-electron chi connectivity index (χ4n) is 0.802. The summed E-state index contributed by atoms with van der Waals surface area (Å²) in [7, 11) is 1.53. The van der Waals surface area contributed by atoms with Gasteiger partial charge in [-0.2, -0.15) is 5.11 Å². The summed E-state index contributed by atoms with van der Waals surface area (Å²) in [6.07, 6.45) is 0. The maximum absolute atomic E-state index is 10.1. The van der Waals surface area contributed by atoms with Crippen molar-refractivity contribution in [1.29, 1.82) is 0 Å². The van der Waals surface area contributed by atoms with E-state index in [1.54, 1.807) is 18.2 Å². The second kappa shape index (κ2) is 3.83. The molecule has 0 unspecified atom stereocenters. The van der Waals surface area contributed by atoms with Crippen LogP contribution in [0.25, 0.3) is 0 Å². The van der Waals surface area contributed by atoms with Crippen LogP contribution in [0.15, 0.2) is 24.3 Å². The van der Waals surface area contributed by atoms with Crippen molar-refractivity contribution in [2.24, 2.45) is 0 Å². The van der Waals surface area contributed by atoms with Gasteiger partial charge in [0.2, 0.25) is 6.79 Å².